The van der Waals surface area contributed by atoms with E-state index in [1.807, 2.05) is 24.5 Å². The molecule has 0 unspecified atom stereocenters. The zero-order valence-corrected chi connectivity index (χ0v) is 9.39. The molecule has 0 fully saturated rings. The fourth-order valence-electron chi connectivity index (χ4n) is 1.75. The third kappa shape index (κ3) is 2.52. The van der Waals surface area contributed by atoms with E-state index in [0.29, 0.717) is 0 Å². The monoisotopic (exact) mass is 218 g/mol. The van der Waals surface area contributed by atoms with Gasteiger partial charge in [-0.05, 0) is 31.5 Å². The molecule has 16 heavy (non-hydrogen) atoms. The summed E-state index contributed by atoms with van der Waals surface area (Å²) in [6.45, 7) is 1.77. The van der Waals surface area contributed by atoms with Crippen LogP contribution in [0.1, 0.15) is 19.3 Å². The van der Waals surface area contributed by atoms with Gasteiger partial charge in [0.2, 0.25) is 0 Å². The first-order chi connectivity index (χ1) is 7.92. The molecule has 2 heterocycles. The summed E-state index contributed by atoms with van der Waals surface area (Å²) in [5.74, 6) is 1.10. The Hall–Kier alpha value is -1.55. The van der Waals surface area contributed by atoms with E-state index in [-0.39, 0.29) is 0 Å². The summed E-state index contributed by atoms with van der Waals surface area (Å²) < 4.78 is 2.06. The largest absolute Gasteiger partial charge is 0.371 e. The summed E-state index contributed by atoms with van der Waals surface area (Å²) in [7, 11) is 0. The second-order valence-electron chi connectivity index (χ2n) is 3.84. The first kappa shape index (κ1) is 11.0. The number of rotatable bonds is 6. The molecule has 0 aliphatic rings. The summed E-state index contributed by atoms with van der Waals surface area (Å²) in [4.78, 5) is 4.24. The van der Waals surface area contributed by atoms with E-state index in [1.165, 1.54) is 6.42 Å². The smallest absolute Gasteiger partial charge is 0.138 e. The first-order valence-corrected chi connectivity index (χ1v) is 5.78. The highest BCUT2D eigenvalue weighted by Gasteiger charge is 1.98. The minimum Gasteiger partial charge on any atom is -0.371 e. The lowest BCUT2D eigenvalue weighted by molar-refractivity contribution is 0.706. The van der Waals surface area contributed by atoms with Crippen molar-refractivity contribution in [1.82, 2.24) is 9.38 Å². The van der Waals surface area contributed by atoms with E-state index in [1.54, 1.807) is 0 Å². The van der Waals surface area contributed by atoms with Crippen LogP contribution in [0.4, 0.5) is 5.82 Å². The molecule has 0 aromatic carbocycles. The first-order valence-electron chi connectivity index (χ1n) is 5.78. The van der Waals surface area contributed by atoms with E-state index < -0.39 is 0 Å². The molecule has 0 radical (unpaired) electrons. The topological polar surface area (TPSA) is 55.3 Å². The van der Waals surface area contributed by atoms with Crippen LogP contribution >= 0.6 is 0 Å². The van der Waals surface area contributed by atoms with Crippen LogP contribution in [-0.4, -0.2) is 22.5 Å². The van der Waals surface area contributed by atoms with Gasteiger partial charge in [0, 0.05) is 18.9 Å². The van der Waals surface area contributed by atoms with E-state index >= 15 is 0 Å². The normalized spacial score (nSPS) is 10.8. The van der Waals surface area contributed by atoms with Gasteiger partial charge in [-0.25, -0.2) is 4.98 Å². The number of fused-ring (bicyclic) bond motifs is 1. The average molecular weight is 218 g/mol. The molecule has 2 aromatic rings. The summed E-state index contributed by atoms with van der Waals surface area (Å²) in [5, 5.41) is 3.41. The fourth-order valence-corrected chi connectivity index (χ4v) is 1.75. The number of pyridine rings is 1. The van der Waals surface area contributed by atoms with Crippen molar-refractivity contribution in [3.05, 3.63) is 30.6 Å². The summed E-state index contributed by atoms with van der Waals surface area (Å²) in [6.07, 6.45) is 7.23. The Labute approximate surface area is 95.5 Å². The van der Waals surface area contributed by atoms with Crippen molar-refractivity contribution < 1.29 is 0 Å². The predicted molar refractivity (Wildman–Crippen MR) is 66.6 cm³/mol. The van der Waals surface area contributed by atoms with Gasteiger partial charge >= 0.3 is 0 Å². The highest BCUT2D eigenvalue weighted by Crippen LogP contribution is 2.10. The predicted octanol–water partition coefficient (Wildman–Crippen LogP) is 1.88. The van der Waals surface area contributed by atoms with E-state index in [9.17, 15) is 0 Å². The molecule has 3 N–H and O–H groups in total. The fraction of sp³-hybridized carbons (Fsp3) is 0.417. The molecule has 4 nitrogen and oxygen atoms in total. The Morgan fingerprint density at radius 3 is 3.06 bits per heavy atom. The molecule has 0 saturated carbocycles. The lowest BCUT2D eigenvalue weighted by atomic mass is 10.2. The molecule has 2 rings (SSSR count). The lowest BCUT2D eigenvalue weighted by Gasteiger charge is -2.08. The summed E-state index contributed by atoms with van der Waals surface area (Å²) >= 11 is 0. The van der Waals surface area contributed by atoms with Crippen LogP contribution in [-0.2, 0) is 0 Å². The number of aromatic nitrogens is 2. The van der Waals surface area contributed by atoms with Crippen molar-refractivity contribution in [1.29, 1.82) is 0 Å². The van der Waals surface area contributed by atoms with Gasteiger partial charge in [0.1, 0.15) is 11.5 Å². The molecule has 0 bridgehead atoms. The van der Waals surface area contributed by atoms with Crippen molar-refractivity contribution >= 4 is 11.5 Å². The molecule has 0 saturated heterocycles. The molecule has 2 aromatic heterocycles. The highest BCUT2D eigenvalue weighted by atomic mass is 15.1. The number of imidazole rings is 1. The Bertz CT molecular complexity index is 435. The zero-order chi connectivity index (χ0) is 11.2. The Balaban J connectivity index is 1.91. The second-order valence-corrected chi connectivity index (χ2v) is 3.84. The van der Waals surface area contributed by atoms with Gasteiger partial charge in [-0.1, -0.05) is 12.5 Å². The molecular formula is C12H18N4. The maximum Gasteiger partial charge on any atom is 0.138 e. The number of nitrogens with one attached hydrogen (secondary N) is 1. The average Bonchev–Trinajstić information content (AvgIpc) is 2.77. The standard InChI is InChI=1S/C12H18N4/c13-7-2-1-3-8-14-11-5-4-6-12-15-9-10-16(11)12/h4-6,9-10,14H,1-3,7-8,13H2. The minimum absolute atomic E-state index is 0.789. The Morgan fingerprint density at radius 2 is 2.19 bits per heavy atom. The van der Waals surface area contributed by atoms with E-state index in [0.717, 1.165) is 37.4 Å². The minimum atomic E-state index is 0.789. The van der Waals surface area contributed by atoms with Gasteiger partial charge in [-0.3, -0.25) is 4.40 Å². The van der Waals surface area contributed by atoms with Gasteiger partial charge < -0.3 is 11.1 Å². The van der Waals surface area contributed by atoms with E-state index in [4.69, 9.17) is 5.73 Å². The second kappa shape index (κ2) is 5.51. The Morgan fingerprint density at radius 1 is 1.25 bits per heavy atom. The lowest BCUT2D eigenvalue weighted by Crippen LogP contribution is -2.06. The van der Waals surface area contributed by atoms with Crippen LogP contribution in [0.3, 0.4) is 0 Å². The van der Waals surface area contributed by atoms with Crippen molar-refractivity contribution in [2.45, 2.75) is 19.3 Å². The molecule has 0 spiro atoms. The molecule has 4 heteroatoms. The number of nitrogens with two attached hydrogens (primary N) is 1. The van der Waals surface area contributed by atoms with Gasteiger partial charge in [-0.15, -0.1) is 0 Å². The van der Waals surface area contributed by atoms with Crippen LogP contribution < -0.4 is 11.1 Å². The molecule has 0 aliphatic carbocycles. The Kier molecular flexibility index (Phi) is 3.77. The molecule has 0 amide bonds. The maximum atomic E-state index is 5.45. The number of unbranched alkanes of at least 4 members (excludes halogenated alkanes) is 2. The third-order valence-electron chi connectivity index (χ3n) is 2.62. The van der Waals surface area contributed by atoms with Crippen LogP contribution in [0, 0.1) is 0 Å². The van der Waals surface area contributed by atoms with Crippen molar-refractivity contribution in [2.24, 2.45) is 5.73 Å². The SMILES string of the molecule is NCCCCCNc1cccc2nccn12. The molecule has 0 aliphatic heterocycles. The van der Waals surface area contributed by atoms with Crippen LogP contribution in [0.2, 0.25) is 0 Å². The van der Waals surface area contributed by atoms with Gasteiger partial charge in [0.15, 0.2) is 0 Å². The number of hydrogen-bond donors (Lipinski definition) is 2. The van der Waals surface area contributed by atoms with Crippen molar-refractivity contribution in [3.8, 4) is 0 Å². The van der Waals surface area contributed by atoms with Crippen LogP contribution in [0.5, 0.6) is 0 Å². The number of nitrogens with zero attached hydrogens (tertiary/aromatic N) is 2. The van der Waals surface area contributed by atoms with E-state index in [2.05, 4.69) is 20.8 Å². The van der Waals surface area contributed by atoms with Gasteiger partial charge in [-0.2, -0.15) is 0 Å². The summed E-state index contributed by atoms with van der Waals surface area (Å²) in [6, 6.07) is 6.09. The molecular weight excluding hydrogens is 200 g/mol. The summed E-state index contributed by atoms with van der Waals surface area (Å²) in [5.41, 5.74) is 6.43. The maximum absolute atomic E-state index is 5.45. The van der Waals surface area contributed by atoms with Crippen LogP contribution in [0.25, 0.3) is 5.65 Å². The number of anilines is 1. The third-order valence-corrected chi connectivity index (χ3v) is 2.62. The quantitative estimate of drug-likeness (QED) is 0.728. The van der Waals surface area contributed by atoms with Crippen LogP contribution in [0.15, 0.2) is 30.6 Å². The van der Waals surface area contributed by atoms with Gasteiger partial charge in [0.25, 0.3) is 0 Å². The zero-order valence-electron chi connectivity index (χ0n) is 9.39. The molecule has 86 valence electrons. The number of hydrogen-bond acceptors (Lipinski definition) is 3. The highest BCUT2D eigenvalue weighted by molar-refractivity contribution is 5.49. The van der Waals surface area contributed by atoms with Crippen molar-refractivity contribution in [3.63, 3.8) is 0 Å². The van der Waals surface area contributed by atoms with Crippen molar-refractivity contribution in [2.75, 3.05) is 18.4 Å². The van der Waals surface area contributed by atoms with Gasteiger partial charge in [0.05, 0.1) is 0 Å². The molecule has 0 atom stereocenters.